The van der Waals surface area contributed by atoms with Gasteiger partial charge in [-0.1, -0.05) is 12.1 Å². The lowest BCUT2D eigenvalue weighted by molar-refractivity contribution is 0.0473. The lowest BCUT2D eigenvalue weighted by Crippen LogP contribution is -2.10. The highest BCUT2D eigenvalue weighted by molar-refractivity contribution is 5.93. The monoisotopic (exact) mass is 276 g/mol. The number of anilines is 1. The van der Waals surface area contributed by atoms with Crippen molar-refractivity contribution in [3.8, 4) is 5.75 Å². The van der Waals surface area contributed by atoms with Crippen LogP contribution in [-0.4, -0.2) is 18.1 Å². The Labute approximate surface area is 115 Å². The zero-order chi connectivity index (χ0) is 14.5. The summed E-state index contributed by atoms with van der Waals surface area (Å²) in [6.07, 6.45) is 0. The molecular formula is C14H13FN2O3. The van der Waals surface area contributed by atoms with Gasteiger partial charge in [-0.15, -0.1) is 0 Å². The van der Waals surface area contributed by atoms with Crippen molar-refractivity contribution in [3.05, 3.63) is 53.5 Å². The number of methoxy groups -OCH3 is 1. The number of nitrogens with zero attached hydrogens (tertiary/aromatic N) is 1. The van der Waals surface area contributed by atoms with Crippen molar-refractivity contribution in [2.75, 3.05) is 12.8 Å². The van der Waals surface area contributed by atoms with Crippen LogP contribution in [0.1, 0.15) is 15.9 Å². The van der Waals surface area contributed by atoms with E-state index in [0.717, 1.165) is 11.6 Å². The fraction of sp³-hybridized carbons (Fsp3) is 0.143. The van der Waals surface area contributed by atoms with Gasteiger partial charge in [-0.25, -0.2) is 9.78 Å². The molecule has 0 saturated carbocycles. The Morgan fingerprint density at radius 3 is 2.55 bits per heavy atom. The van der Waals surface area contributed by atoms with Crippen molar-refractivity contribution in [3.63, 3.8) is 0 Å². The number of esters is 1. The Balaban J connectivity index is 2.00. The van der Waals surface area contributed by atoms with Crippen LogP contribution in [0.25, 0.3) is 0 Å². The Hall–Kier alpha value is -2.63. The van der Waals surface area contributed by atoms with Gasteiger partial charge in [-0.2, -0.15) is 4.39 Å². The molecule has 1 aromatic carbocycles. The molecule has 0 aliphatic heterocycles. The number of hydrogen-bond donors (Lipinski definition) is 1. The van der Waals surface area contributed by atoms with E-state index in [0.29, 0.717) is 5.75 Å². The number of pyridine rings is 1. The first-order valence-corrected chi connectivity index (χ1v) is 5.82. The predicted molar refractivity (Wildman–Crippen MR) is 70.7 cm³/mol. The first-order valence-electron chi connectivity index (χ1n) is 5.82. The number of carbonyl (C=O) groups is 1. The van der Waals surface area contributed by atoms with Crippen LogP contribution >= 0.6 is 0 Å². The second-order valence-electron chi connectivity index (χ2n) is 3.99. The van der Waals surface area contributed by atoms with Crippen molar-refractivity contribution < 1.29 is 18.7 Å². The van der Waals surface area contributed by atoms with Crippen LogP contribution in [-0.2, 0) is 11.3 Å². The molecule has 0 atom stereocenters. The Morgan fingerprint density at radius 1 is 1.25 bits per heavy atom. The largest absolute Gasteiger partial charge is 0.497 e. The molecule has 0 spiro atoms. The van der Waals surface area contributed by atoms with Gasteiger partial charge in [-0.05, 0) is 29.8 Å². The predicted octanol–water partition coefficient (Wildman–Crippen LogP) is 2.17. The van der Waals surface area contributed by atoms with E-state index < -0.39 is 11.9 Å². The van der Waals surface area contributed by atoms with Gasteiger partial charge in [0.1, 0.15) is 23.7 Å². The first kappa shape index (κ1) is 13.8. The minimum atomic E-state index is -0.741. The number of hydrogen-bond acceptors (Lipinski definition) is 5. The Kier molecular flexibility index (Phi) is 4.14. The maximum Gasteiger partial charge on any atom is 0.342 e. The summed E-state index contributed by atoms with van der Waals surface area (Å²) in [7, 11) is 1.57. The summed E-state index contributed by atoms with van der Waals surface area (Å²) in [6.45, 7) is 0.0830. The van der Waals surface area contributed by atoms with Crippen molar-refractivity contribution in [2.24, 2.45) is 0 Å². The van der Waals surface area contributed by atoms with Crippen LogP contribution in [0, 0.1) is 5.95 Å². The molecule has 6 heteroatoms. The number of halogens is 1. The smallest absolute Gasteiger partial charge is 0.342 e. The zero-order valence-corrected chi connectivity index (χ0v) is 10.8. The van der Waals surface area contributed by atoms with Crippen LogP contribution in [0.3, 0.4) is 0 Å². The van der Waals surface area contributed by atoms with Gasteiger partial charge in [0.05, 0.1) is 7.11 Å². The molecule has 0 aliphatic rings. The first-order chi connectivity index (χ1) is 9.60. The van der Waals surface area contributed by atoms with E-state index in [2.05, 4.69) is 4.98 Å². The number of nitrogen functional groups attached to an aromatic ring is 1. The molecule has 0 unspecified atom stereocenters. The molecule has 0 saturated heterocycles. The molecule has 2 aromatic rings. The summed E-state index contributed by atoms with van der Waals surface area (Å²) in [6, 6.07) is 9.37. The van der Waals surface area contributed by atoms with Gasteiger partial charge in [0.15, 0.2) is 0 Å². The minimum absolute atomic E-state index is 0.0416. The molecular weight excluding hydrogens is 263 g/mol. The lowest BCUT2D eigenvalue weighted by Gasteiger charge is -2.07. The SMILES string of the molecule is COc1ccc(COC(=O)c2ccc(F)nc2N)cc1. The molecule has 0 bridgehead atoms. The summed E-state index contributed by atoms with van der Waals surface area (Å²) in [5.74, 6) is -0.864. The van der Waals surface area contributed by atoms with Crippen molar-refractivity contribution >= 4 is 11.8 Å². The van der Waals surface area contributed by atoms with E-state index >= 15 is 0 Å². The Morgan fingerprint density at radius 2 is 1.95 bits per heavy atom. The average molecular weight is 276 g/mol. The lowest BCUT2D eigenvalue weighted by atomic mass is 10.2. The van der Waals surface area contributed by atoms with Gasteiger partial charge >= 0.3 is 5.97 Å². The van der Waals surface area contributed by atoms with Crippen LogP contribution in [0.5, 0.6) is 5.75 Å². The minimum Gasteiger partial charge on any atom is -0.497 e. The second kappa shape index (κ2) is 6.01. The number of aromatic nitrogens is 1. The van der Waals surface area contributed by atoms with Gasteiger partial charge in [0.2, 0.25) is 5.95 Å². The third-order valence-corrected chi connectivity index (χ3v) is 2.64. The zero-order valence-electron chi connectivity index (χ0n) is 10.8. The summed E-state index contributed by atoms with van der Waals surface area (Å²) in [4.78, 5) is 15.1. The third-order valence-electron chi connectivity index (χ3n) is 2.64. The molecule has 2 N–H and O–H groups in total. The topological polar surface area (TPSA) is 74.4 Å². The highest BCUT2D eigenvalue weighted by atomic mass is 19.1. The molecule has 20 heavy (non-hydrogen) atoms. The highest BCUT2D eigenvalue weighted by Gasteiger charge is 2.13. The fourth-order valence-electron chi connectivity index (χ4n) is 1.57. The summed E-state index contributed by atoms with van der Waals surface area (Å²) in [5.41, 5.74) is 6.30. The normalized spacial score (nSPS) is 10.1. The van der Waals surface area contributed by atoms with E-state index in [1.165, 1.54) is 6.07 Å². The number of rotatable bonds is 4. The number of carbonyl (C=O) groups excluding carboxylic acids is 1. The van der Waals surface area contributed by atoms with Gasteiger partial charge in [-0.3, -0.25) is 0 Å². The number of benzene rings is 1. The summed E-state index contributed by atoms with van der Waals surface area (Å²) >= 11 is 0. The molecule has 0 radical (unpaired) electrons. The van der Waals surface area contributed by atoms with Gasteiger partial charge in [0.25, 0.3) is 0 Å². The molecule has 0 aliphatic carbocycles. The van der Waals surface area contributed by atoms with Crippen LogP contribution in [0.4, 0.5) is 10.2 Å². The summed E-state index contributed by atoms with van der Waals surface area (Å²) in [5, 5.41) is 0. The summed E-state index contributed by atoms with van der Waals surface area (Å²) < 4.78 is 22.9. The van der Waals surface area contributed by atoms with Crippen LogP contribution in [0.2, 0.25) is 0 Å². The molecule has 5 nitrogen and oxygen atoms in total. The van der Waals surface area contributed by atoms with Gasteiger partial charge < -0.3 is 15.2 Å². The van der Waals surface area contributed by atoms with E-state index in [9.17, 15) is 9.18 Å². The molecule has 2 rings (SSSR count). The van der Waals surface area contributed by atoms with Crippen molar-refractivity contribution in [2.45, 2.75) is 6.61 Å². The van der Waals surface area contributed by atoms with Gasteiger partial charge in [0, 0.05) is 0 Å². The van der Waals surface area contributed by atoms with Crippen LogP contribution < -0.4 is 10.5 Å². The van der Waals surface area contributed by atoms with Crippen molar-refractivity contribution in [1.29, 1.82) is 0 Å². The number of nitrogens with two attached hydrogens (primary N) is 1. The van der Waals surface area contributed by atoms with E-state index in [1.807, 2.05) is 0 Å². The molecule has 0 fully saturated rings. The van der Waals surface area contributed by atoms with Crippen LogP contribution in [0.15, 0.2) is 36.4 Å². The average Bonchev–Trinajstić information content (AvgIpc) is 2.45. The standard InChI is InChI=1S/C14H13FN2O3/c1-19-10-4-2-9(3-5-10)8-20-14(18)11-6-7-12(15)17-13(11)16/h2-7H,8H2,1H3,(H2,16,17). The quantitative estimate of drug-likeness (QED) is 0.684. The molecule has 104 valence electrons. The van der Waals surface area contributed by atoms with Crippen molar-refractivity contribution in [1.82, 2.24) is 4.98 Å². The molecule has 1 aromatic heterocycles. The molecule has 0 amide bonds. The van der Waals surface area contributed by atoms with E-state index in [1.54, 1.807) is 31.4 Å². The van der Waals surface area contributed by atoms with E-state index in [-0.39, 0.29) is 18.0 Å². The Bertz CT molecular complexity index is 614. The highest BCUT2D eigenvalue weighted by Crippen LogP contribution is 2.14. The third kappa shape index (κ3) is 3.23. The maximum atomic E-state index is 12.8. The van der Waals surface area contributed by atoms with E-state index in [4.69, 9.17) is 15.2 Å². The fourth-order valence-corrected chi connectivity index (χ4v) is 1.57. The second-order valence-corrected chi connectivity index (χ2v) is 3.99. The molecule has 1 heterocycles. The number of ether oxygens (including phenoxy) is 2. The maximum absolute atomic E-state index is 12.8.